The first-order valence-corrected chi connectivity index (χ1v) is 5.32. The number of unbranched alkanes of at least 4 members (excludes halogenated alkanes) is 2. The van der Waals surface area contributed by atoms with Crippen molar-refractivity contribution in [2.45, 2.75) is 59.8 Å². The summed E-state index contributed by atoms with van der Waals surface area (Å²) in [4.78, 5) is 0. The third kappa shape index (κ3) is 7.84. The second-order valence-corrected chi connectivity index (χ2v) is 4.13. The maximum atomic E-state index is 2.41. The molecule has 0 heterocycles. The molecule has 0 aromatic carbocycles. The van der Waals surface area contributed by atoms with Crippen LogP contribution in [0.25, 0.3) is 0 Å². The Kier molecular flexibility index (Phi) is 7.23. The third-order valence-electron chi connectivity index (χ3n) is 2.17. The SMILES string of the molecule is CCCCC=C(C)CCC(C)C. The van der Waals surface area contributed by atoms with Gasteiger partial charge in [-0.1, -0.05) is 45.3 Å². The highest BCUT2D eigenvalue weighted by molar-refractivity contribution is 4.97. The van der Waals surface area contributed by atoms with Gasteiger partial charge in [-0.2, -0.15) is 0 Å². The Hall–Kier alpha value is -0.260. The monoisotopic (exact) mass is 168 g/mol. The van der Waals surface area contributed by atoms with Crippen LogP contribution in [0.15, 0.2) is 11.6 Å². The molecule has 0 aliphatic rings. The fourth-order valence-electron chi connectivity index (χ4n) is 1.17. The van der Waals surface area contributed by atoms with Gasteiger partial charge in [-0.15, -0.1) is 0 Å². The molecule has 0 saturated heterocycles. The molecule has 0 aromatic rings. The smallest absolute Gasteiger partial charge is 0.0321 e. The number of rotatable bonds is 6. The number of hydrogen-bond donors (Lipinski definition) is 0. The molecule has 0 amide bonds. The summed E-state index contributed by atoms with van der Waals surface area (Å²) in [6.07, 6.45) is 8.98. The van der Waals surface area contributed by atoms with Gasteiger partial charge in [0.05, 0.1) is 0 Å². The average Bonchev–Trinajstić information content (AvgIpc) is 2.01. The van der Waals surface area contributed by atoms with E-state index in [1.54, 1.807) is 5.57 Å². The maximum Gasteiger partial charge on any atom is -0.0321 e. The minimum absolute atomic E-state index is 0.847. The zero-order valence-electron chi connectivity index (χ0n) is 9.19. The molecule has 0 N–H and O–H groups in total. The van der Waals surface area contributed by atoms with Gasteiger partial charge in [-0.05, 0) is 32.1 Å². The van der Waals surface area contributed by atoms with Crippen molar-refractivity contribution in [3.05, 3.63) is 11.6 Å². The summed E-state index contributed by atoms with van der Waals surface area (Å²) in [5.74, 6) is 0.847. The molecule has 0 bridgehead atoms. The van der Waals surface area contributed by atoms with E-state index >= 15 is 0 Å². The van der Waals surface area contributed by atoms with Gasteiger partial charge in [0.1, 0.15) is 0 Å². The van der Waals surface area contributed by atoms with E-state index in [1.807, 2.05) is 0 Å². The van der Waals surface area contributed by atoms with Crippen LogP contribution in [0.2, 0.25) is 0 Å². The van der Waals surface area contributed by atoms with E-state index in [0.717, 1.165) is 5.92 Å². The number of hydrogen-bond acceptors (Lipinski definition) is 0. The highest BCUT2D eigenvalue weighted by Gasteiger charge is 1.94. The van der Waals surface area contributed by atoms with Crippen molar-refractivity contribution in [1.29, 1.82) is 0 Å². The Morgan fingerprint density at radius 1 is 1.33 bits per heavy atom. The van der Waals surface area contributed by atoms with E-state index in [9.17, 15) is 0 Å². The first-order chi connectivity index (χ1) is 5.66. The van der Waals surface area contributed by atoms with Crippen molar-refractivity contribution in [3.63, 3.8) is 0 Å². The largest absolute Gasteiger partial charge is 0.0856 e. The molecule has 72 valence electrons. The minimum atomic E-state index is 0.847. The lowest BCUT2D eigenvalue weighted by molar-refractivity contribution is 0.583. The van der Waals surface area contributed by atoms with Crippen LogP contribution < -0.4 is 0 Å². The van der Waals surface area contributed by atoms with Crippen LogP contribution >= 0.6 is 0 Å². The van der Waals surface area contributed by atoms with Crippen LogP contribution in [0.1, 0.15) is 59.8 Å². The highest BCUT2D eigenvalue weighted by Crippen LogP contribution is 2.12. The third-order valence-corrected chi connectivity index (χ3v) is 2.17. The summed E-state index contributed by atoms with van der Waals surface area (Å²) < 4.78 is 0. The second kappa shape index (κ2) is 7.39. The first kappa shape index (κ1) is 11.7. The zero-order chi connectivity index (χ0) is 9.40. The van der Waals surface area contributed by atoms with Crippen molar-refractivity contribution in [3.8, 4) is 0 Å². The van der Waals surface area contributed by atoms with Crippen molar-refractivity contribution >= 4 is 0 Å². The van der Waals surface area contributed by atoms with Gasteiger partial charge < -0.3 is 0 Å². The molecular weight excluding hydrogens is 144 g/mol. The van der Waals surface area contributed by atoms with E-state index in [0.29, 0.717) is 0 Å². The van der Waals surface area contributed by atoms with Gasteiger partial charge in [-0.3, -0.25) is 0 Å². The lowest BCUT2D eigenvalue weighted by atomic mass is 10.0. The fraction of sp³-hybridized carbons (Fsp3) is 0.833. The lowest BCUT2D eigenvalue weighted by Crippen LogP contribution is -1.87. The van der Waals surface area contributed by atoms with E-state index in [1.165, 1.54) is 32.1 Å². The van der Waals surface area contributed by atoms with Crippen LogP contribution in [-0.2, 0) is 0 Å². The second-order valence-electron chi connectivity index (χ2n) is 4.13. The standard InChI is InChI=1S/C12H24/c1-5-6-7-8-12(4)10-9-11(2)3/h8,11H,5-7,9-10H2,1-4H3. The summed E-state index contributed by atoms with van der Waals surface area (Å²) >= 11 is 0. The quantitative estimate of drug-likeness (QED) is 0.403. The Balaban J connectivity index is 3.42. The van der Waals surface area contributed by atoms with E-state index < -0.39 is 0 Å². The predicted molar refractivity (Wildman–Crippen MR) is 57.4 cm³/mol. The van der Waals surface area contributed by atoms with Gasteiger partial charge in [0.15, 0.2) is 0 Å². The normalized spacial score (nSPS) is 12.6. The highest BCUT2D eigenvalue weighted by atomic mass is 14.0. The van der Waals surface area contributed by atoms with Crippen molar-refractivity contribution in [2.24, 2.45) is 5.92 Å². The zero-order valence-corrected chi connectivity index (χ0v) is 9.19. The molecule has 0 heteroatoms. The van der Waals surface area contributed by atoms with Gasteiger partial charge in [0, 0.05) is 0 Å². The number of allylic oxidation sites excluding steroid dienone is 2. The molecule has 0 radical (unpaired) electrons. The fourth-order valence-corrected chi connectivity index (χ4v) is 1.17. The molecule has 0 fully saturated rings. The van der Waals surface area contributed by atoms with Crippen molar-refractivity contribution < 1.29 is 0 Å². The molecule has 0 spiro atoms. The summed E-state index contributed by atoms with van der Waals surface area (Å²) in [5, 5.41) is 0. The van der Waals surface area contributed by atoms with Crippen LogP contribution in [0.3, 0.4) is 0 Å². The van der Waals surface area contributed by atoms with E-state index in [4.69, 9.17) is 0 Å². The molecule has 0 atom stereocenters. The summed E-state index contributed by atoms with van der Waals surface area (Å²) in [5.41, 5.74) is 1.58. The Labute approximate surface area is 78.1 Å². The molecular formula is C12H24. The average molecular weight is 168 g/mol. The summed E-state index contributed by atoms with van der Waals surface area (Å²) in [6.45, 7) is 9.09. The maximum absolute atomic E-state index is 2.41. The summed E-state index contributed by atoms with van der Waals surface area (Å²) in [6, 6.07) is 0. The molecule has 12 heavy (non-hydrogen) atoms. The van der Waals surface area contributed by atoms with Crippen molar-refractivity contribution in [1.82, 2.24) is 0 Å². The van der Waals surface area contributed by atoms with Crippen LogP contribution in [0.4, 0.5) is 0 Å². The van der Waals surface area contributed by atoms with Gasteiger partial charge in [-0.25, -0.2) is 0 Å². The topological polar surface area (TPSA) is 0 Å². The molecule has 0 unspecified atom stereocenters. The molecule has 0 rings (SSSR count). The predicted octanol–water partition coefficient (Wildman–Crippen LogP) is 4.56. The Bertz CT molecular complexity index is 120. The van der Waals surface area contributed by atoms with Crippen LogP contribution in [0, 0.1) is 5.92 Å². The van der Waals surface area contributed by atoms with E-state index in [2.05, 4.69) is 33.8 Å². The molecule has 0 aliphatic heterocycles. The minimum Gasteiger partial charge on any atom is -0.0856 e. The van der Waals surface area contributed by atoms with Gasteiger partial charge in [0.2, 0.25) is 0 Å². The van der Waals surface area contributed by atoms with Gasteiger partial charge in [0.25, 0.3) is 0 Å². The molecule has 0 aliphatic carbocycles. The van der Waals surface area contributed by atoms with Crippen LogP contribution in [-0.4, -0.2) is 0 Å². The Morgan fingerprint density at radius 3 is 2.50 bits per heavy atom. The summed E-state index contributed by atoms with van der Waals surface area (Å²) in [7, 11) is 0. The van der Waals surface area contributed by atoms with Crippen molar-refractivity contribution in [2.75, 3.05) is 0 Å². The Morgan fingerprint density at radius 2 is 2.00 bits per heavy atom. The lowest BCUT2D eigenvalue weighted by Gasteiger charge is -2.04. The van der Waals surface area contributed by atoms with Gasteiger partial charge >= 0.3 is 0 Å². The first-order valence-electron chi connectivity index (χ1n) is 5.32. The molecule has 0 nitrogen and oxygen atoms in total. The van der Waals surface area contributed by atoms with E-state index in [-0.39, 0.29) is 0 Å². The molecule has 0 saturated carbocycles. The molecule has 0 aromatic heterocycles. The van der Waals surface area contributed by atoms with Crippen LogP contribution in [0.5, 0.6) is 0 Å².